The van der Waals surface area contributed by atoms with Gasteiger partial charge in [-0.2, -0.15) is 0 Å². The second-order valence-corrected chi connectivity index (χ2v) is 4.67. The number of nitrogens with one attached hydrogen (secondary N) is 1. The maximum Gasteiger partial charge on any atom is 0.159 e. The minimum absolute atomic E-state index is 0.610. The normalized spacial score (nSPS) is 12.0. The molecule has 0 radical (unpaired) electrons. The van der Waals surface area contributed by atoms with Gasteiger partial charge in [0.2, 0.25) is 0 Å². The van der Waals surface area contributed by atoms with Gasteiger partial charge in [0.15, 0.2) is 6.73 Å². The van der Waals surface area contributed by atoms with Crippen LogP contribution in [-0.4, -0.2) is 11.7 Å². The van der Waals surface area contributed by atoms with Crippen molar-refractivity contribution < 1.29 is 4.74 Å². The van der Waals surface area contributed by atoms with E-state index in [4.69, 9.17) is 4.74 Å². The zero-order valence-electron chi connectivity index (χ0n) is 9.67. The zero-order chi connectivity index (χ0) is 12.2. The topological polar surface area (TPSA) is 34.1 Å². The van der Waals surface area contributed by atoms with Gasteiger partial charge in [-0.15, -0.1) is 11.3 Å². The first kappa shape index (κ1) is 11.0. The lowest BCUT2D eigenvalue weighted by atomic mass is 10.3. The van der Waals surface area contributed by atoms with Crippen molar-refractivity contribution in [3.05, 3.63) is 54.0 Å². The highest BCUT2D eigenvalue weighted by Gasteiger charge is 2.06. The summed E-state index contributed by atoms with van der Waals surface area (Å²) in [6.07, 6.45) is 0. The van der Waals surface area contributed by atoms with Crippen molar-refractivity contribution in [2.75, 3.05) is 12.0 Å². The number of rotatable bonds is 0. The van der Waals surface area contributed by atoms with Gasteiger partial charge in [0.1, 0.15) is 5.75 Å². The molecule has 0 saturated carbocycles. The summed E-state index contributed by atoms with van der Waals surface area (Å²) in [5.41, 5.74) is 4.06. The molecule has 0 fully saturated rings. The molecule has 0 unspecified atom stereocenters. The first-order chi connectivity index (χ1) is 8.93. The second kappa shape index (κ2) is 5.06. The predicted octanol–water partition coefficient (Wildman–Crippen LogP) is 3.74. The molecule has 3 nitrogen and oxygen atoms in total. The SMILES string of the molecule is c1ccc2c(c1)NCO2.c1ccc2scnc2c1. The molecule has 90 valence electrons. The summed E-state index contributed by atoms with van der Waals surface area (Å²) in [5, 5.41) is 3.08. The van der Waals surface area contributed by atoms with Crippen molar-refractivity contribution in [1.29, 1.82) is 0 Å². The molecule has 1 aliphatic heterocycles. The summed E-state index contributed by atoms with van der Waals surface area (Å²) in [4.78, 5) is 4.14. The average Bonchev–Trinajstić information content (AvgIpc) is 3.08. The highest BCUT2D eigenvalue weighted by Crippen LogP contribution is 2.27. The van der Waals surface area contributed by atoms with Crippen LogP contribution in [0.2, 0.25) is 0 Å². The molecular formula is C14H12N2OS. The van der Waals surface area contributed by atoms with Crippen LogP contribution in [-0.2, 0) is 0 Å². The molecule has 2 aromatic carbocycles. The van der Waals surface area contributed by atoms with Crippen LogP contribution in [0.15, 0.2) is 54.0 Å². The molecule has 0 aliphatic carbocycles. The number of hydrogen-bond acceptors (Lipinski definition) is 4. The van der Waals surface area contributed by atoms with Crippen molar-refractivity contribution in [1.82, 2.24) is 4.98 Å². The minimum atomic E-state index is 0.610. The fraction of sp³-hybridized carbons (Fsp3) is 0.0714. The lowest BCUT2D eigenvalue weighted by Crippen LogP contribution is -1.96. The van der Waals surface area contributed by atoms with E-state index in [1.807, 2.05) is 48.0 Å². The Morgan fingerprint density at radius 3 is 2.78 bits per heavy atom. The third kappa shape index (κ3) is 2.28. The van der Waals surface area contributed by atoms with Gasteiger partial charge < -0.3 is 10.1 Å². The van der Waals surface area contributed by atoms with Crippen LogP contribution in [0.1, 0.15) is 0 Å². The molecule has 0 saturated heterocycles. The predicted molar refractivity (Wildman–Crippen MR) is 75.2 cm³/mol. The van der Waals surface area contributed by atoms with E-state index in [0.717, 1.165) is 17.0 Å². The summed E-state index contributed by atoms with van der Waals surface area (Å²) in [7, 11) is 0. The van der Waals surface area contributed by atoms with Crippen molar-refractivity contribution in [3.63, 3.8) is 0 Å². The lowest BCUT2D eigenvalue weighted by Gasteiger charge is -1.91. The highest BCUT2D eigenvalue weighted by molar-refractivity contribution is 7.16. The van der Waals surface area contributed by atoms with Crippen LogP contribution in [0.5, 0.6) is 5.75 Å². The largest absolute Gasteiger partial charge is 0.471 e. The van der Waals surface area contributed by atoms with Gasteiger partial charge in [-0.25, -0.2) is 4.98 Å². The zero-order valence-corrected chi connectivity index (χ0v) is 10.5. The van der Waals surface area contributed by atoms with E-state index in [0.29, 0.717) is 6.73 Å². The molecule has 0 bridgehead atoms. The number of anilines is 1. The van der Waals surface area contributed by atoms with Crippen LogP contribution in [0.25, 0.3) is 10.2 Å². The smallest absolute Gasteiger partial charge is 0.159 e. The molecule has 1 aliphatic rings. The Hall–Kier alpha value is -2.07. The number of benzene rings is 2. The second-order valence-electron chi connectivity index (χ2n) is 3.78. The molecular weight excluding hydrogens is 244 g/mol. The van der Waals surface area contributed by atoms with Gasteiger partial charge in [-0.3, -0.25) is 0 Å². The number of aromatic nitrogens is 1. The number of ether oxygens (including phenoxy) is 1. The third-order valence-corrected chi connectivity index (χ3v) is 3.42. The van der Waals surface area contributed by atoms with Gasteiger partial charge in [0, 0.05) is 0 Å². The molecule has 2 heterocycles. The molecule has 18 heavy (non-hydrogen) atoms. The number of para-hydroxylation sites is 3. The van der Waals surface area contributed by atoms with E-state index in [9.17, 15) is 0 Å². The van der Waals surface area contributed by atoms with Gasteiger partial charge in [-0.05, 0) is 24.3 Å². The van der Waals surface area contributed by atoms with E-state index in [1.54, 1.807) is 11.3 Å². The highest BCUT2D eigenvalue weighted by atomic mass is 32.1. The van der Waals surface area contributed by atoms with Crippen LogP contribution < -0.4 is 10.1 Å². The van der Waals surface area contributed by atoms with E-state index >= 15 is 0 Å². The van der Waals surface area contributed by atoms with E-state index in [2.05, 4.69) is 16.4 Å². The van der Waals surface area contributed by atoms with Crippen molar-refractivity contribution in [2.45, 2.75) is 0 Å². The summed E-state index contributed by atoms with van der Waals surface area (Å²) in [5.74, 6) is 0.956. The molecule has 0 spiro atoms. The Morgan fingerprint density at radius 1 is 1.06 bits per heavy atom. The Kier molecular flexibility index (Phi) is 3.10. The van der Waals surface area contributed by atoms with E-state index in [1.165, 1.54) is 4.70 Å². The van der Waals surface area contributed by atoms with Crippen LogP contribution in [0.4, 0.5) is 5.69 Å². The van der Waals surface area contributed by atoms with Gasteiger partial charge in [0.05, 0.1) is 21.4 Å². The molecule has 4 heteroatoms. The van der Waals surface area contributed by atoms with Crippen LogP contribution >= 0.6 is 11.3 Å². The number of hydrogen-bond donors (Lipinski definition) is 1. The van der Waals surface area contributed by atoms with Gasteiger partial charge in [0.25, 0.3) is 0 Å². The standard InChI is InChI=1S/C7H7NO.C7H5NS/c2*1-2-4-7-6(3-1)8-5-9-7/h1-4,8H,5H2;1-5H. The molecule has 4 rings (SSSR count). The maximum atomic E-state index is 5.19. The molecule has 1 N–H and O–H groups in total. The number of nitrogens with zero attached hydrogens (tertiary/aromatic N) is 1. The van der Waals surface area contributed by atoms with Gasteiger partial charge in [-0.1, -0.05) is 24.3 Å². The van der Waals surface area contributed by atoms with Crippen molar-refractivity contribution in [3.8, 4) is 5.75 Å². The Balaban J connectivity index is 0.000000111. The summed E-state index contributed by atoms with van der Waals surface area (Å²) < 4.78 is 6.45. The van der Waals surface area contributed by atoms with Crippen molar-refractivity contribution in [2.24, 2.45) is 0 Å². The third-order valence-electron chi connectivity index (χ3n) is 2.61. The Morgan fingerprint density at radius 2 is 1.89 bits per heavy atom. The van der Waals surface area contributed by atoms with Crippen LogP contribution in [0, 0.1) is 0 Å². The van der Waals surface area contributed by atoms with E-state index < -0.39 is 0 Å². The molecule has 1 aromatic heterocycles. The number of fused-ring (bicyclic) bond motifs is 2. The summed E-state index contributed by atoms with van der Waals surface area (Å²) >= 11 is 1.68. The quantitative estimate of drug-likeness (QED) is 0.665. The fourth-order valence-corrected chi connectivity index (χ4v) is 2.41. The monoisotopic (exact) mass is 256 g/mol. The maximum absolute atomic E-state index is 5.19. The summed E-state index contributed by atoms with van der Waals surface area (Å²) in [6.45, 7) is 0.610. The first-order valence-corrected chi connectivity index (χ1v) is 6.55. The molecule has 0 amide bonds. The summed E-state index contributed by atoms with van der Waals surface area (Å²) in [6, 6.07) is 16.0. The van der Waals surface area contributed by atoms with E-state index in [-0.39, 0.29) is 0 Å². The Bertz CT molecular complexity index is 598. The fourth-order valence-electron chi connectivity index (χ4n) is 1.73. The average molecular weight is 256 g/mol. The van der Waals surface area contributed by atoms with Crippen LogP contribution in [0.3, 0.4) is 0 Å². The first-order valence-electron chi connectivity index (χ1n) is 5.67. The Labute approximate surface area is 109 Å². The number of thiazole rings is 1. The lowest BCUT2D eigenvalue weighted by molar-refractivity contribution is 0.372. The van der Waals surface area contributed by atoms with Crippen molar-refractivity contribution >= 4 is 27.2 Å². The molecule has 0 atom stereocenters. The molecule has 3 aromatic rings. The van der Waals surface area contributed by atoms with Gasteiger partial charge >= 0.3 is 0 Å². The minimum Gasteiger partial charge on any atom is -0.471 e.